The molecule has 0 radical (unpaired) electrons. The number of nitrogens with one attached hydrogen (secondary N) is 1. The van der Waals surface area contributed by atoms with E-state index in [-0.39, 0.29) is 5.91 Å². The molecular weight excluding hydrogens is 238 g/mol. The lowest BCUT2D eigenvalue weighted by atomic mass is 10.1. The molecule has 104 valence electrons. The Bertz CT molecular complexity index is 424. The van der Waals surface area contributed by atoms with Gasteiger partial charge >= 0.3 is 0 Å². The first-order valence-electron chi connectivity index (χ1n) is 7.06. The summed E-state index contributed by atoms with van der Waals surface area (Å²) in [6, 6.07) is 4.15. The van der Waals surface area contributed by atoms with Gasteiger partial charge in [-0.3, -0.25) is 4.79 Å². The Hall–Kier alpha value is -1.58. The molecule has 4 heteroatoms. The van der Waals surface area contributed by atoms with Crippen molar-refractivity contribution in [2.24, 2.45) is 5.92 Å². The van der Waals surface area contributed by atoms with E-state index < -0.39 is 0 Å². The largest absolute Gasteiger partial charge is 0.373 e. The molecule has 1 saturated carbocycles. The molecule has 0 saturated heterocycles. The number of hydrogen-bond donors (Lipinski definition) is 1. The first-order valence-corrected chi connectivity index (χ1v) is 7.06. The molecule has 4 nitrogen and oxygen atoms in total. The molecule has 0 unspecified atom stereocenters. The predicted octanol–water partition coefficient (Wildman–Crippen LogP) is 2.77. The van der Waals surface area contributed by atoms with Gasteiger partial charge < -0.3 is 10.2 Å². The van der Waals surface area contributed by atoms with Crippen molar-refractivity contribution in [3.63, 3.8) is 0 Å². The molecular formula is C15H23N3O. The fourth-order valence-electron chi connectivity index (χ4n) is 2.07. The molecule has 1 amide bonds. The second-order valence-electron chi connectivity index (χ2n) is 5.59. The van der Waals surface area contributed by atoms with Crippen molar-refractivity contribution in [3.05, 3.63) is 23.9 Å². The Morgan fingerprint density at radius 2 is 2.21 bits per heavy atom. The lowest BCUT2D eigenvalue weighted by molar-refractivity contribution is 0.0735. The molecule has 1 aromatic rings. The maximum absolute atomic E-state index is 12.5. The molecule has 0 spiro atoms. The van der Waals surface area contributed by atoms with E-state index in [4.69, 9.17) is 0 Å². The third-order valence-electron chi connectivity index (χ3n) is 3.46. The van der Waals surface area contributed by atoms with Gasteiger partial charge in [-0.25, -0.2) is 4.98 Å². The Morgan fingerprint density at radius 1 is 1.47 bits per heavy atom. The van der Waals surface area contributed by atoms with Gasteiger partial charge in [0.2, 0.25) is 0 Å². The van der Waals surface area contributed by atoms with Crippen molar-refractivity contribution < 1.29 is 4.79 Å². The van der Waals surface area contributed by atoms with E-state index in [0.29, 0.717) is 17.5 Å². The minimum Gasteiger partial charge on any atom is -0.373 e. The monoisotopic (exact) mass is 261 g/mol. The number of rotatable bonds is 6. The zero-order valence-electron chi connectivity index (χ0n) is 12.0. The Labute approximate surface area is 115 Å². The second kappa shape index (κ2) is 6.04. The maximum Gasteiger partial charge on any atom is 0.255 e. The van der Waals surface area contributed by atoms with E-state index in [1.54, 1.807) is 6.20 Å². The third kappa shape index (κ3) is 3.69. The Morgan fingerprint density at radius 3 is 2.68 bits per heavy atom. The molecule has 1 fully saturated rings. The predicted molar refractivity (Wildman–Crippen MR) is 77.3 cm³/mol. The number of aromatic nitrogens is 1. The van der Waals surface area contributed by atoms with E-state index in [1.807, 2.05) is 24.1 Å². The molecule has 0 aliphatic heterocycles. The van der Waals surface area contributed by atoms with Gasteiger partial charge in [0.25, 0.3) is 5.91 Å². The van der Waals surface area contributed by atoms with E-state index in [0.717, 1.165) is 31.6 Å². The third-order valence-corrected chi connectivity index (χ3v) is 3.46. The van der Waals surface area contributed by atoms with Crippen molar-refractivity contribution in [1.29, 1.82) is 0 Å². The summed E-state index contributed by atoms with van der Waals surface area (Å²) in [4.78, 5) is 18.7. The highest BCUT2D eigenvalue weighted by Crippen LogP contribution is 2.28. The van der Waals surface area contributed by atoms with Gasteiger partial charge in [-0.1, -0.05) is 13.8 Å². The fourth-order valence-corrected chi connectivity index (χ4v) is 2.07. The molecule has 0 bridgehead atoms. The van der Waals surface area contributed by atoms with Gasteiger partial charge in [-0.15, -0.1) is 0 Å². The molecule has 1 aliphatic rings. The van der Waals surface area contributed by atoms with Crippen LogP contribution in [0.3, 0.4) is 0 Å². The Balaban J connectivity index is 2.05. The SMILES string of the molecule is CNc1ccc(C(=O)N(CCC(C)C)C2CC2)cn1. The average molecular weight is 261 g/mol. The smallest absolute Gasteiger partial charge is 0.255 e. The minimum absolute atomic E-state index is 0.123. The molecule has 0 atom stereocenters. The first kappa shape index (κ1) is 13.8. The lowest BCUT2D eigenvalue weighted by Crippen LogP contribution is -2.34. The summed E-state index contributed by atoms with van der Waals surface area (Å²) in [5.74, 6) is 1.54. The van der Waals surface area contributed by atoms with Gasteiger partial charge in [-0.05, 0) is 37.3 Å². The van der Waals surface area contributed by atoms with E-state index in [9.17, 15) is 4.79 Å². The summed E-state index contributed by atoms with van der Waals surface area (Å²) in [5, 5.41) is 2.96. The van der Waals surface area contributed by atoms with Crippen LogP contribution in [0.25, 0.3) is 0 Å². The van der Waals surface area contributed by atoms with Crippen LogP contribution in [0.1, 0.15) is 43.5 Å². The topological polar surface area (TPSA) is 45.2 Å². The van der Waals surface area contributed by atoms with Crippen molar-refractivity contribution >= 4 is 11.7 Å². The molecule has 0 aromatic carbocycles. The standard InChI is InChI=1S/C15H23N3O/c1-11(2)8-9-18(13-5-6-13)15(19)12-4-7-14(16-3)17-10-12/h4,7,10-11,13H,5-6,8-9H2,1-3H3,(H,16,17). The molecule has 19 heavy (non-hydrogen) atoms. The van der Waals surface area contributed by atoms with Crippen LogP contribution in [-0.4, -0.2) is 35.4 Å². The number of carbonyl (C=O) groups is 1. The van der Waals surface area contributed by atoms with Crippen LogP contribution in [0.2, 0.25) is 0 Å². The normalized spacial score (nSPS) is 14.5. The number of pyridine rings is 1. The summed E-state index contributed by atoms with van der Waals surface area (Å²) < 4.78 is 0. The van der Waals surface area contributed by atoms with Crippen LogP contribution in [0.15, 0.2) is 18.3 Å². The maximum atomic E-state index is 12.5. The van der Waals surface area contributed by atoms with E-state index in [1.165, 1.54) is 0 Å². The van der Waals surface area contributed by atoms with Crippen LogP contribution in [0.4, 0.5) is 5.82 Å². The zero-order chi connectivity index (χ0) is 13.8. The van der Waals surface area contributed by atoms with Gasteiger partial charge in [-0.2, -0.15) is 0 Å². The highest BCUT2D eigenvalue weighted by atomic mass is 16.2. The van der Waals surface area contributed by atoms with Gasteiger partial charge in [0, 0.05) is 25.8 Å². The number of anilines is 1. The summed E-state index contributed by atoms with van der Waals surface area (Å²) in [6.07, 6.45) is 5.01. The average Bonchev–Trinajstić information content (AvgIpc) is 3.23. The van der Waals surface area contributed by atoms with E-state index in [2.05, 4.69) is 24.1 Å². The number of amides is 1. The highest BCUT2D eigenvalue weighted by molar-refractivity contribution is 5.94. The van der Waals surface area contributed by atoms with Crippen molar-refractivity contribution in [2.75, 3.05) is 18.9 Å². The van der Waals surface area contributed by atoms with Crippen LogP contribution in [-0.2, 0) is 0 Å². The molecule has 1 heterocycles. The van der Waals surface area contributed by atoms with Gasteiger partial charge in [0.1, 0.15) is 5.82 Å². The number of hydrogen-bond acceptors (Lipinski definition) is 3. The van der Waals surface area contributed by atoms with E-state index >= 15 is 0 Å². The minimum atomic E-state index is 0.123. The first-order chi connectivity index (χ1) is 9.11. The molecule has 1 N–H and O–H groups in total. The summed E-state index contributed by atoms with van der Waals surface area (Å²) in [7, 11) is 1.82. The van der Waals surface area contributed by atoms with Crippen LogP contribution in [0.5, 0.6) is 0 Å². The molecule has 1 aliphatic carbocycles. The summed E-state index contributed by atoms with van der Waals surface area (Å²) in [5.41, 5.74) is 0.689. The zero-order valence-corrected chi connectivity index (χ0v) is 12.0. The van der Waals surface area contributed by atoms with Crippen LogP contribution in [0, 0.1) is 5.92 Å². The van der Waals surface area contributed by atoms with Crippen molar-refractivity contribution in [3.8, 4) is 0 Å². The molecule has 1 aromatic heterocycles. The van der Waals surface area contributed by atoms with Gasteiger partial charge in [0.15, 0.2) is 0 Å². The fraction of sp³-hybridized carbons (Fsp3) is 0.600. The summed E-state index contributed by atoms with van der Waals surface area (Å²) >= 11 is 0. The van der Waals surface area contributed by atoms with Crippen molar-refractivity contribution in [1.82, 2.24) is 9.88 Å². The van der Waals surface area contributed by atoms with Crippen LogP contribution >= 0.6 is 0 Å². The summed E-state index contributed by atoms with van der Waals surface area (Å²) in [6.45, 7) is 5.24. The number of carbonyl (C=O) groups excluding carboxylic acids is 1. The Kier molecular flexibility index (Phi) is 4.40. The number of nitrogens with zero attached hydrogens (tertiary/aromatic N) is 2. The highest BCUT2D eigenvalue weighted by Gasteiger charge is 2.32. The molecule has 2 rings (SSSR count). The lowest BCUT2D eigenvalue weighted by Gasteiger charge is -2.23. The van der Waals surface area contributed by atoms with Gasteiger partial charge in [0.05, 0.1) is 5.56 Å². The second-order valence-corrected chi connectivity index (χ2v) is 5.59. The van der Waals surface area contributed by atoms with Crippen molar-refractivity contribution in [2.45, 2.75) is 39.2 Å². The quantitative estimate of drug-likeness (QED) is 0.856. The van der Waals surface area contributed by atoms with Crippen LogP contribution < -0.4 is 5.32 Å².